The number of hydrogen-bond donors (Lipinski definition) is 0. The molecule has 0 N–H and O–H groups in total. The van der Waals surface area contributed by atoms with E-state index in [-0.39, 0.29) is 37.5 Å². The van der Waals surface area contributed by atoms with Crippen LogP contribution in [0.25, 0.3) is 0 Å². The highest BCUT2D eigenvalue weighted by atomic mass is 16.5. The van der Waals surface area contributed by atoms with Gasteiger partial charge in [-0.25, -0.2) is 4.79 Å². The first-order valence-corrected chi connectivity index (χ1v) is 19.3. The normalized spacial score (nSPS) is 11.2. The molecule has 10 heteroatoms. The second-order valence-corrected chi connectivity index (χ2v) is 13.2. The van der Waals surface area contributed by atoms with Gasteiger partial charge >= 0.3 is 17.9 Å². The predicted octanol–water partition coefficient (Wildman–Crippen LogP) is 9.73. The second-order valence-electron chi connectivity index (χ2n) is 13.2. The molecule has 0 unspecified atom stereocenters. The molecule has 0 spiro atoms. The molecule has 0 fully saturated rings. The van der Waals surface area contributed by atoms with E-state index < -0.39 is 5.97 Å². The largest absolute Gasteiger partial charge is 0.466 e. The Balaban J connectivity index is 1.49. The average Bonchev–Trinajstić information content (AvgIpc) is 3.15. The van der Waals surface area contributed by atoms with Crippen molar-refractivity contribution >= 4 is 29.7 Å². The fraction of sp³-hybridized carbons (Fsp3) is 0.595. The lowest BCUT2D eigenvalue weighted by Crippen LogP contribution is -2.19. The van der Waals surface area contributed by atoms with Gasteiger partial charge in [0.15, 0.2) is 0 Å². The summed E-state index contributed by atoms with van der Waals surface area (Å²) < 4.78 is 21.3. The van der Waals surface area contributed by atoms with Crippen LogP contribution in [0.5, 0.6) is 5.75 Å². The van der Waals surface area contributed by atoms with Gasteiger partial charge in [0, 0.05) is 6.42 Å². The first kappa shape index (κ1) is 43.7. The molecule has 52 heavy (non-hydrogen) atoms. The van der Waals surface area contributed by atoms with Crippen molar-refractivity contribution in [1.82, 2.24) is 0 Å². The summed E-state index contributed by atoms with van der Waals surface area (Å²) in [6, 6.07) is 14.6. The third kappa shape index (κ3) is 22.4. The third-order valence-corrected chi connectivity index (χ3v) is 8.81. The van der Waals surface area contributed by atoms with Gasteiger partial charge in [0.05, 0.1) is 31.7 Å². The lowest BCUT2D eigenvalue weighted by Gasteiger charge is -2.18. The molecule has 0 bridgehead atoms. The zero-order valence-electron chi connectivity index (χ0n) is 31.1. The first-order valence-electron chi connectivity index (χ1n) is 19.3. The molecule has 2 aromatic carbocycles. The summed E-state index contributed by atoms with van der Waals surface area (Å²) >= 11 is 0. The van der Waals surface area contributed by atoms with E-state index in [1.54, 1.807) is 30.5 Å². The third-order valence-electron chi connectivity index (χ3n) is 8.81. The van der Waals surface area contributed by atoms with Crippen molar-refractivity contribution in [3.8, 4) is 12.0 Å². The minimum absolute atomic E-state index is 0.0145. The predicted molar refractivity (Wildman–Crippen MR) is 200 cm³/mol. The van der Waals surface area contributed by atoms with Gasteiger partial charge in [-0.3, -0.25) is 14.4 Å². The standard InChI is InChI=1S/C42H58N2O8/c1-2-3-4-11-18-39(52-42(48)30-29-41(47)50-32-15-17-36-23-27-38(28-24-36)51-33-43)19-12-9-7-5-6-8-10-13-20-40(46)49-31-14-16-35-21-25-37(26-22-35)44-34-45/h21-28,39H,2-20,29-32H2,1H3/t39-/m1/s1. The Morgan fingerprint density at radius 3 is 1.69 bits per heavy atom. The van der Waals surface area contributed by atoms with Crippen molar-refractivity contribution in [2.24, 2.45) is 4.99 Å². The number of ether oxygens (including phenoxy) is 4. The fourth-order valence-electron chi connectivity index (χ4n) is 5.85. The lowest BCUT2D eigenvalue weighted by molar-refractivity contribution is -0.154. The van der Waals surface area contributed by atoms with Crippen molar-refractivity contribution < 1.29 is 38.1 Å². The van der Waals surface area contributed by atoms with Gasteiger partial charge < -0.3 is 18.9 Å². The Morgan fingerprint density at radius 2 is 1.13 bits per heavy atom. The Bertz CT molecular complexity index is 1360. The number of carbonyl (C=O) groups is 3. The molecule has 2 aromatic rings. The Labute approximate surface area is 310 Å². The van der Waals surface area contributed by atoms with E-state index in [2.05, 4.69) is 11.9 Å². The highest BCUT2D eigenvalue weighted by molar-refractivity contribution is 5.77. The molecular formula is C42H58N2O8. The molecule has 2 rings (SSSR count). The van der Waals surface area contributed by atoms with Crippen molar-refractivity contribution in [2.45, 2.75) is 148 Å². The van der Waals surface area contributed by atoms with Gasteiger partial charge in [-0.1, -0.05) is 89.0 Å². The average molecular weight is 719 g/mol. The molecule has 10 nitrogen and oxygen atoms in total. The van der Waals surface area contributed by atoms with Crippen LogP contribution in [0.3, 0.4) is 0 Å². The van der Waals surface area contributed by atoms with Crippen LogP contribution in [-0.2, 0) is 46.2 Å². The van der Waals surface area contributed by atoms with Crippen LogP contribution < -0.4 is 4.74 Å². The van der Waals surface area contributed by atoms with E-state index in [4.69, 9.17) is 24.2 Å². The number of rotatable bonds is 30. The maximum absolute atomic E-state index is 12.6. The molecule has 0 heterocycles. The number of benzene rings is 2. The molecule has 0 saturated carbocycles. The van der Waals surface area contributed by atoms with E-state index in [0.29, 0.717) is 30.9 Å². The lowest BCUT2D eigenvalue weighted by atomic mass is 10.0. The van der Waals surface area contributed by atoms with Crippen molar-refractivity contribution in [2.75, 3.05) is 13.2 Å². The van der Waals surface area contributed by atoms with Gasteiger partial charge in [-0.15, -0.1) is 5.26 Å². The number of unbranched alkanes of at least 4 members (excludes halogenated alkanes) is 10. The number of carbonyl (C=O) groups excluding carboxylic acids is 4. The summed E-state index contributed by atoms with van der Waals surface area (Å²) in [5.41, 5.74) is 2.74. The number of hydrogen-bond acceptors (Lipinski definition) is 10. The van der Waals surface area contributed by atoms with Crippen LogP contribution in [-0.4, -0.2) is 43.3 Å². The minimum atomic E-state index is -0.395. The molecule has 0 aliphatic heterocycles. The zero-order chi connectivity index (χ0) is 37.5. The number of esters is 3. The van der Waals surface area contributed by atoms with Gasteiger partial charge in [0.2, 0.25) is 6.08 Å². The van der Waals surface area contributed by atoms with Gasteiger partial charge in [-0.2, -0.15) is 4.99 Å². The summed E-state index contributed by atoms with van der Waals surface area (Å²) in [5, 5.41) is 8.57. The smallest absolute Gasteiger partial charge is 0.306 e. The molecule has 284 valence electrons. The molecule has 0 aromatic heterocycles. The van der Waals surface area contributed by atoms with Crippen LogP contribution >= 0.6 is 0 Å². The minimum Gasteiger partial charge on any atom is -0.466 e. The molecule has 0 aliphatic rings. The maximum atomic E-state index is 12.6. The highest BCUT2D eigenvalue weighted by Gasteiger charge is 2.16. The Hall–Kier alpha value is -4.48. The number of aliphatic imine (C=N–C) groups is 1. The molecule has 0 radical (unpaired) electrons. The summed E-state index contributed by atoms with van der Waals surface area (Å²) in [6.07, 6.45) is 21.2. The molecule has 0 aliphatic carbocycles. The van der Waals surface area contributed by atoms with E-state index >= 15 is 0 Å². The molecule has 1 atom stereocenters. The van der Waals surface area contributed by atoms with Crippen LogP contribution in [0.4, 0.5) is 5.69 Å². The van der Waals surface area contributed by atoms with Gasteiger partial charge in [0.1, 0.15) is 11.9 Å². The monoisotopic (exact) mass is 718 g/mol. The van der Waals surface area contributed by atoms with Crippen LogP contribution in [0.1, 0.15) is 140 Å². The highest BCUT2D eigenvalue weighted by Crippen LogP contribution is 2.19. The van der Waals surface area contributed by atoms with E-state index in [1.165, 1.54) is 12.5 Å². The number of nitrogens with zero attached hydrogens (tertiary/aromatic N) is 2. The summed E-state index contributed by atoms with van der Waals surface area (Å²) in [7, 11) is 0. The van der Waals surface area contributed by atoms with E-state index in [1.807, 2.05) is 24.3 Å². The number of nitriles is 1. The van der Waals surface area contributed by atoms with E-state index in [9.17, 15) is 19.2 Å². The quantitative estimate of drug-likeness (QED) is 0.0193. The van der Waals surface area contributed by atoms with Crippen LogP contribution in [0, 0.1) is 11.5 Å². The second kappa shape index (κ2) is 29.1. The topological polar surface area (TPSA) is 141 Å². The SMILES string of the molecule is CCCCCC[C@H](CCCCCCCCCCC(=O)OCCCc1ccc(N=C=O)cc1)OC(=O)CCC(=O)OCCCc1ccc(OC#N)cc1. The zero-order valence-corrected chi connectivity index (χ0v) is 31.1. The maximum Gasteiger partial charge on any atom is 0.306 e. The van der Waals surface area contributed by atoms with Crippen LogP contribution in [0.15, 0.2) is 53.5 Å². The molecular weight excluding hydrogens is 660 g/mol. The number of aryl methyl sites for hydroxylation is 2. The van der Waals surface area contributed by atoms with Crippen molar-refractivity contribution in [1.29, 1.82) is 5.26 Å². The van der Waals surface area contributed by atoms with Crippen molar-refractivity contribution in [3.05, 3.63) is 59.7 Å². The van der Waals surface area contributed by atoms with Gasteiger partial charge in [-0.05, 0) is 93.2 Å². The van der Waals surface area contributed by atoms with Crippen molar-refractivity contribution in [3.63, 3.8) is 0 Å². The fourth-order valence-corrected chi connectivity index (χ4v) is 5.85. The summed E-state index contributed by atoms with van der Waals surface area (Å²) in [4.78, 5) is 50.7. The summed E-state index contributed by atoms with van der Waals surface area (Å²) in [5.74, 6) is -0.382. The summed E-state index contributed by atoms with van der Waals surface area (Å²) in [6.45, 7) is 2.86. The molecule has 0 amide bonds. The number of isocyanates is 1. The molecule has 0 saturated heterocycles. The van der Waals surface area contributed by atoms with E-state index in [0.717, 1.165) is 114 Å². The van der Waals surface area contributed by atoms with Gasteiger partial charge in [0.25, 0.3) is 6.26 Å². The Morgan fingerprint density at radius 1 is 0.635 bits per heavy atom. The Kier molecular flexibility index (Phi) is 24.5. The van der Waals surface area contributed by atoms with Crippen LogP contribution in [0.2, 0.25) is 0 Å². The first-order chi connectivity index (χ1) is 25.4.